The molecule has 0 aliphatic rings. The van der Waals surface area contributed by atoms with Gasteiger partial charge in [0.2, 0.25) is 10.0 Å². The predicted molar refractivity (Wildman–Crippen MR) is 102 cm³/mol. The molecule has 140 valence electrons. The Morgan fingerprint density at radius 3 is 2.27 bits per heavy atom. The van der Waals surface area contributed by atoms with Gasteiger partial charge in [-0.15, -0.1) is 0 Å². The summed E-state index contributed by atoms with van der Waals surface area (Å²) in [5.41, 5.74) is 2.05. The van der Waals surface area contributed by atoms with Gasteiger partial charge in [-0.25, -0.2) is 17.9 Å². The molecule has 0 bridgehead atoms. The van der Waals surface area contributed by atoms with E-state index in [1.807, 2.05) is 24.3 Å². The third kappa shape index (κ3) is 4.84. The van der Waals surface area contributed by atoms with Gasteiger partial charge in [0.05, 0.1) is 22.6 Å². The molecule has 0 radical (unpaired) electrons. The first-order valence-corrected chi connectivity index (χ1v) is 9.87. The molecule has 7 heteroatoms. The Kier molecular flexibility index (Phi) is 6.11. The van der Waals surface area contributed by atoms with Gasteiger partial charge >= 0.3 is 5.97 Å². The van der Waals surface area contributed by atoms with Gasteiger partial charge in [0.15, 0.2) is 0 Å². The van der Waals surface area contributed by atoms with Crippen LogP contribution in [0.4, 0.5) is 0 Å². The summed E-state index contributed by atoms with van der Waals surface area (Å²) < 4.78 is 32.1. The lowest BCUT2D eigenvalue weighted by Gasteiger charge is -2.19. The summed E-state index contributed by atoms with van der Waals surface area (Å²) in [6.45, 7) is 6.49. The first-order chi connectivity index (χ1) is 12.0. The largest absolute Gasteiger partial charge is 0.465 e. The molecular weight excluding hydrogens is 374 g/mol. The SMILES string of the molecule is COC(=O)c1cc(S(=O)(=O)NCc2ccc(C(C)(C)C)cc2)ccc1Cl. The number of methoxy groups -OCH3 is 1. The first kappa shape index (κ1) is 20.4. The van der Waals surface area contributed by atoms with Crippen LogP contribution in [0.25, 0.3) is 0 Å². The summed E-state index contributed by atoms with van der Waals surface area (Å²) in [6.07, 6.45) is 0. The Hall–Kier alpha value is -1.89. The zero-order chi connectivity index (χ0) is 19.5. The fourth-order valence-electron chi connectivity index (χ4n) is 2.32. The molecule has 5 nitrogen and oxygen atoms in total. The number of carbonyl (C=O) groups excluding carboxylic acids is 1. The molecule has 0 heterocycles. The summed E-state index contributed by atoms with van der Waals surface area (Å²) in [5, 5.41) is 0.133. The number of sulfonamides is 1. The van der Waals surface area contributed by atoms with Crippen molar-refractivity contribution in [2.75, 3.05) is 7.11 Å². The predicted octanol–water partition coefficient (Wildman–Crippen LogP) is 3.90. The van der Waals surface area contributed by atoms with Crippen molar-refractivity contribution >= 4 is 27.6 Å². The monoisotopic (exact) mass is 395 g/mol. The average molecular weight is 396 g/mol. The molecule has 2 rings (SSSR count). The van der Waals surface area contributed by atoms with Crippen LogP contribution in [-0.2, 0) is 26.7 Å². The van der Waals surface area contributed by atoms with Gasteiger partial charge in [-0.3, -0.25) is 0 Å². The van der Waals surface area contributed by atoms with Crippen LogP contribution in [0.15, 0.2) is 47.4 Å². The smallest absolute Gasteiger partial charge is 0.339 e. The third-order valence-electron chi connectivity index (χ3n) is 3.94. The van der Waals surface area contributed by atoms with E-state index >= 15 is 0 Å². The highest BCUT2D eigenvalue weighted by molar-refractivity contribution is 7.89. The Labute approximate surface area is 159 Å². The lowest BCUT2D eigenvalue weighted by atomic mass is 9.87. The van der Waals surface area contributed by atoms with Crippen LogP contribution in [0.2, 0.25) is 5.02 Å². The maximum atomic E-state index is 12.5. The molecule has 0 aliphatic carbocycles. The van der Waals surface area contributed by atoms with E-state index in [-0.39, 0.29) is 27.4 Å². The maximum Gasteiger partial charge on any atom is 0.339 e. The summed E-state index contributed by atoms with van der Waals surface area (Å²) in [6, 6.07) is 11.7. The van der Waals surface area contributed by atoms with Gasteiger partial charge in [-0.1, -0.05) is 56.6 Å². The molecular formula is C19H22ClNO4S. The van der Waals surface area contributed by atoms with Crippen LogP contribution in [0, 0.1) is 0 Å². The van der Waals surface area contributed by atoms with E-state index in [2.05, 4.69) is 30.2 Å². The second kappa shape index (κ2) is 7.78. The van der Waals surface area contributed by atoms with E-state index in [9.17, 15) is 13.2 Å². The number of hydrogen-bond donors (Lipinski definition) is 1. The molecule has 0 aromatic heterocycles. The van der Waals surface area contributed by atoms with Gasteiger partial charge in [-0.05, 0) is 34.7 Å². The summed E-state index contributed by atoms with van der Waals surface area (Å²) in [5.74, 6) is -0.690. The number of rotatable bonds is 5. The standard InChI is InChI=1S/C19H22ClNO4S/c1-19(2,3)14-7-5-13(6-8-14)12-21-26(23,24)15-9-10-17(20)16(11-15)18(22)25-4/h5-11,21H,12H2,1-4H3. The molecule has 0 atom stereocenters. The van der Waals surface area contributed by atoms with Crippen LogP contribution in [0.1, 0.15) is 42.3 Å². The third-order valence-corrected chi connectivity index (χ3v) is 5.67. The number of hydrogen-bond acceptors (Lipinski definition) is 4. The van der Waals surface area contributed by atoms with E-state index < -0.39 is 16.0 Å². The molecule has 0 aliphatic heterocycles. The van der Waals surface area contributed by atoms with Gasteiger partial charge in [-0.2, -0.15) is 0 Å². The highest BCUT2D eigenvalue weighted by Crippen LogP contribution is 2.23. The van der Waals surface area contributed by atoms with Crippen LogP contribution >= 0.6 is 11.6 Å². The van der Waals surface area contributed by atoms with Crippen molar-refractivity contribution in [3.8, 4) is 0 Å². The number of benzene rings is 2. The number of halogens is 1. The topological polar surface area (TPSA) is 72.5 Å². The van der Waals surface area contributed by atoms with Gasteiger partial charge < -0.3 is 4.74 Å². The molecule has 0 unspecified atom stereocenters. The van der Waals surface area contributed by atoms with Crippen LogP contribution in [0.3, 0.4) is 0 Å². The highest BCUT2D eigenvalue weighted by Gasteiger charge is 2.19. The van der Waals surface area contributed by atoms with Crippen molar-refractivity contribution in [2.24, 2.45) is 0 Å². The fraction of sp³-hybridized carbons (Fsp3) is 0.316. The van der Waals surface area contributed by atoms with E-state index in [4.69, 9.17) is 11.6 Å². The molecule has 0 amide bonds. The van der Waals surface area contributed by atoms with Crippen LogP contribution < -0.4 is 4.72 Å². The fourth-order valence-corrected chi connectivity index (χ4v) is 3.56. The molecule has 1 N–H and O–H groups in total. The van der Waals surface area contributed by atoms with Crippen LogP contribution in [-0.4, -0.2) is 21.5 Å². The Morgan fingerprint density at radius 2 is 1.73 bits per heavy atom. The van der Waals surface area contributed by atoms with E-state index in [1.54, 1.807) is 0 Å². The normalized spacial score (nSPS) is 12.0. The number of ether oxygens (including phenoxy) is 1. The van der Waals surface area contributed by atoms with Crippen molar-refractivity contribution in [3.05, 3.63) is 64.2 Å². The van der Waals surface area contributed by atoms with Crippen molar-refractivity contribution in [1.82, 2.24) is 4.72 Å². The summed E-state index contributed by atoms with van der Waals surface area (Å²) in [4.78, 5) is 11.6. The quantitative estimate of drug-likeness (QED) is 0.779. The minimum absolute atomic E-state index is 0.00608. The van der Waals surface area contributed by atoms with Gasteiger partial charge in [0.1, 0.15) is 0 Å². The molecule has 0 fully saturated rings. The summed E-state index contributed by atoms with van der Waals surface area (Å²) >= 11 is 5.93. The molecule has 0 saturated carbocycles. The van der Waals surface area contributed by atoms with Crippen molar-refractivity contribution in [2.45, 2.75) is 37.6 Å². The number of esters is 1. The number of carbonyl (C=O) groups is 1. The Morgan fingerprint density at radius 1 is 1.12 bits per heavy atom. The second-order valence-electron chi connectivity index (χ2n) is 6.90. The second-order valence-corrected chi connectivity index (χ2v) is 9.08. The average Bonchev–Trinajstić information content (AvgIpc) is 2.59. The Balaban J connectivity index is 2.18. The van der Waals surface area contributed by atoms with Crippen LogP contribution in [0.5, 0.6) is 0 Å². The lowest BCUT2D eigenvalue weighted by molar-refractivity contribution is 0.0600. The minimum Gasteiger partial charge on any atom is -0.465 e. The molecule has 2 aromatic rings. The zero-order valence-electron chi connectivity index (χ0n) is 15.2. The molecule has 0 spiro atoms. The maximum absolute atomic E-state index is 12.5. The highest BCUT2D eigenvalue weighted by atomic mass is 35.5. The van der Waals surface area contributed by atoms with Crippen molar-refractivity contribution in [3.63, 3.8) is 0 Å². The van der Waals surface area contributed by atoms with Crippen molar-refractivity contribution in [1.29, 1.82) is 0 Å². The van der Waals surface area contributed by atoms with E-state index in [0.29, 0.717) is 0 Å². The van der Waals surface area contributed by atoms with E-state index in [1.165, 1.54) is 30.9 Å². The van der Waals surface area contributed by atoms with E-state index in [0.717, 1.165) is 5.56 Å². The lowest BCUT2D eigenvalue weighted by Crippen LogP contribution is -2.23. The number of nitrogens with one attached hydrogen (secondary N) is 1. The minimum atomic E-state index is -3.79. The Bertz CT molecular complexity index is 900. The van der Waals surface area contributed by atoms with Crippen molar-refractivity contribution < 1.29 is 17.9 Å². The summed E-state index contributed by atoms with van der Waals surface area (Å²) in [7, 11) is -2.59. The molecule has 26 heavy (non-hydrogen) atoms. The molecule has 2 aromatic carbocycles. The molecule has 0 saturated heterocycles. The zero-order valence-corrected chi connectivity index (χ0v) is 16.7. The van der Waals surface area contributed by atoms with Gasteiger partial charge in [0, 0.05) is 6.54 Å². The first-order valence-electron chi connectivity index (χ1n) is 8.01. The van der Waals surface area contributed by atoms with Gasteiger partial charge in [0.25, 0.3) is 0 Å².